The fraction of sp³-hybridized carbons (Fsp3) is 0.316. The van der Waals surface area contributed by atoms with Crippen LogP contribution >= 0.6 is 11.8 Å². The zero-order chi connectivity index (χ0) is 18.4. The fourth-order valence-corrected chi connectivity index (χ4v) is 5.18. The summed E-state index contributed by atoms with van der Waals surface area (Å²) in [6, 6.07) is 16.3. The lowest BCUT2D eigenvalue weighted by molar-refractivity contribution is -0.115. The Morgan fingerprint density at radius 2 is 1.65 bits per heavy atom. The summed E-state index contributed by atoms with van der Waals surface area (Å²) in [5, 5.41) is 2.82. The summed E-state index contributed by atoms with van der Waals surface area (Å²) in [5.41, 5.74) is 0.611. The van der Waals surface area contributed by atoms with Crippen molar-refractivity contribution in [3.63, 3.8) is 0 Å². The van der Waals surface area contributed by atoms with E-state index >= 15 is 0 Å². The zero-order valence-electron chi connectivity index (χ0n) is 14.4. The third kappa shape index (κ3) is 4.87. The molecule has 26 heavy (non-hydrogen) atoms. The van der Waals surface area contributed by atoms with Crippen molar-refractivity contribution >= 4 is 33.4 Å². The lowest BCUT2D eigenvalue weighted by atomic mass is 10.3. The van der Waals surface area contributed by atoms with Crippen molar-refractivity contribution in [3.05, 3.63) is 54.6 Å². The van der Waals surface area contributed by atoms with Gasteiger partial charge in [0.15, 0.2) is 0 Å². The Balaban J connectivity index is 1.51. The number of benzene rings is 2. The second-order valence-electron chi connectivity index (χ2n) is 6.10. The molecule has 0 unspecified atom stereocenters. The Morgan fingerprint density at radius 1 is 1.00 bits per heavy atom. The zero-order valence-corrected chi connectivity index (χ0v) is 16.1. The molecule has 0 spiro atoms. The average molecular weight is 391 g/mol. The number of carbonyl (C=O) groups excluding carboxylic acids is 1. The van der Waals surface area contributed by atoms with Crippen LogP contribution in [0.2, 0.25) is 0 Å². The number of rotatable bonds is 7. The average Bonchev–Trinajstić information content (AvgIpc) is 3.19. The number of amides is 1. The number of anilines is 1. The van der Waals surface area contributed by atoms with Crippen LogP contribution in [0.4, 0.5) is 5.69 Å². The topological polar surface area (TPSA) is 66.5 Å². The van der Waals surface area contributed by atoms with E-state index in [-0.39, 0.29) is 10.8 Å². The maximum Gasteiger partial charge on any atom is 0.243 e. The molecule has 1 N–H and O–H groups in total. The van der Waals surface area contributed by atoms with E-state index in [0.29, 0.717) is 31.0 Å². The molecule has 7 heteroatoms. The van der Waals surface area contributed by atoms with Gasteiger partial charge in [0.25, 0.3) is 0 Å². The molecule has 0 aromatic heterocycles. The summed E-state index contributed by atoms with van der Waals surface area (Å²) in [6.45, 7) is 1.17. The minimum Gasteiger partial charge on any atom is -0.326 e. The molecular formula is C19H22N2O3S2. The molecule has 2 aromatic rings. The van der Waals surface area contributed by atoms with Crippen LogP contribution in [0.15, 0.2) is 64.4 Å². The summed E-state index contributed by atoms with van der Waals surface area (Å²) in [4.78, 5) is 13.5. The van der Waals surface area contributed by atoms with Crippen LogP contribution in [-0.2, 0) is 14.8 Å². The van der Waals surface area contributed by atoms with Crippen molar-refractivity contribution in [3.8, 4) is 0 Å². The number of nitrogens with one attached hydrogen (secondary N) is 1. The highest BCUT2D eigenvalue weighted by atomic mass is 32.2. The summed E-state index contributed by atoms with van der Waals surface area (Å²) < 4.78 is 26.5. The van der Waals surface area contributed by atoms with Crippen LogP contribution in [0, 0.1) is 0 Å². The predicted molar refractivity (Wildman–Crippen MR) is 105 cm³/mol. The fourth-order valence-electron chi connectivity index (χ4n) is 2.79. The highest BCUT2D eigenvalue weighted by molar-refractivity contribution is 7.99. The standard InChI is InChI=1S/C19H22N2O3S2/c22-19(12-15-25-17-6-2-1-3-7-17)20-16-8-10-18(11-9-16)26(23,24)21-13-4-5-14-21/h1-3,6-11H,4-5,12-15H2,(H,20,22). The van der Waals surface area contributed by atoms with Crippen molar-refractivity contribution in [2.75, 3.05) is 24.2 Å². The van der Waals surface area contributed by atoms with Crippen molar-refractivity contribution in [1.29, 1.82) is 0 Å². The molecule has 0 aliphatic carbocycles. The molecule has 1 aliphatic rings. The van der Waals surface area contributed by atoms with Gasteiger partial charge >= 0.3 is 0 Å². The molecule has 1 aliphatic heterocycles. The maximum atomic E-state index is 12.5. The molecule has 0 atom stereocenters. The summed E-state index contributed by atoms with van der Waals surface area (Å²) in [5.74, 6) is 0.612. The Bertz CT molecular complexity index is 831. The first-order valence-electron chi connectivity index (χ1n) is 8.64. The summed E-state index contributed by atoms with van der Waals surface area (Å²) >= 11 is 1.63. The molecule has 1 saturated heterocycles. The number of sulfonamides is 1. The highest BCUT2D eigenvalue weighted by Gasteiger charge is 2.26. The van der Waals surface area contributed by atoms with Crippen LogP contribution in [0.3, 0.4) is 0 Å². The van der Waals surface area contributed by atoms with Gasteiger partial charge in [-0.05, 0) is 49.2 Å². The van der Waals surface area contributed by atoms with E-state index in [1.807, 2.05) is 30.3 Å². The van der Waals surface area contributed by atoms with Gasteiger partial charge in [-0.25, -0.2) is 8.42 Å². The first-order valence-corrected chi connectivity index (χ1v) is 11.1. The molecule has 0 bridgehead atoms. The van der Waals surface area contributed by atoms with Crippen molar-refractivity contribution in [1.82, 2.24) is 4.31 Å². The van der Waals surface area contributed by atoms with Gasteiger partial charge in [-0.2, -0.15) is 4.31 Å². The van der Waals surface area contributed by atoms with E-state index < -0.39 is 10.0 Å². The van der Waals surface area contributed by atoms with E-state index in [2.05, 4.69) is 5.32 Å². The number of hydrogen-bond donors (Lipinski definition) is 1. The molecule has 2 aromatic carbocycles. The number of carbonyl (C=O) groups is 1. The number of hydrogen-bond acceptors (Lipinski definition) is 4. The third-order valence-electron chi connectivity index (χ3n) is 4.18. The van der Waals surface area contributed by atoms with Gasteiger partial charge in [-0.3, -0.25) is 4.79 Å². The third-order valence-corrected chi connectivity index (χ3v) is 7.11. The number of nitrogens with zero attached hydrogens (tertiary/aromatic N) is 1. The van der Waals surface area contributed by atoms with Gasteiger partial charge in [0.05, 0.1) is 4.90 Å². The molecule has 138 valence electrons. The van der Waals surface area contributed by atoms with E-state index in [4.69, 9.17) is 0 Å². The Labute approximate surface area is 158 Å². The number of thioether (sulfide) groups is 1. The lowest BCUT2D eigenvalue weighted by Crippen LogP contribution is -2.27. The van der Waals surface area contributed by atoms with E-state index in [1.165, 1.54) is 4.31 Å². The molecule has 1 heterocycles. The van der Waals surface area contributed by atoms with Crippen molar-refractivity contribution in [2.24, 2.45) is 0 Å². The van der Waals surface area contributed by atoms with Gasteiger partial charge in [-0.1, -0.05) is 18.2 Å². The quantitative estimate of drug-likeness (QED) is 0.734. The van der Waals surface area contributed by atoms with Crippen LogP contribution in [0.5, 0.6) is 0 Å². The predicted octanol–water partition coefficient (Wildman–Crippen LogP) is 3.59. The summed E-state index contributed by atoms with van der Waals surface area (Å²) in [7, 11) is -3.41. The smallest absolute Gasteiger partial charge is 0.243 e. The molecule has 5 nitrogen and oxygen atoms in total. The summed E-state index contributed by atoms with van der Waals surface area (Å²) in [6.07, 6.45) is 2.22. The Kier molecular flexibility index (Phi) is 6.34. The minimum atomic E-state index is -3.41. The monoisotopic (exact) mass is 390 g/mol. The van der Waals surface area contributed by atoms with Gasteiger partial charge in [-0.15, -0.1) is 11.8 Å². The Hall–Kier alpha value is -1.83. The molecule has 1 amide bonds. The van der Waals surface area contributed by atoms with Crippen LogP contribution < -0.4 is 5.32 Å². The van der Waals surface area contributed by atoms with Crippen LogP contribution in [-0.4, -0.2) is 37.5 Å². The normalized spacial score (nSPS) is 15.1. The molecular weight excluding hydrogens is 368 g/mol. The Morgan fingerprint density at radius 3 is 2.31 bits per heavy atom. The van der Waals surface area contributed by atoms with Gasteiger partial charge in [0.1, 0.15) is 0 Å². The van der Waals surface area contributed by atoms with Crippen molar-refractivity contribution < 1.29 is 13.2 Å². The van der Waals surface area contributed by atoms with Crippen molar-refractivity contribution in [2.45, 2.75) is 29.1 Å². The largest absolute Gasteiger partial charge is 0.326 e. The van der Waals surface area contributed by atoms with Crippen LogP contribution in [0.25, 0.3) is 0 Å². The minimum absolute atomic E-state index is 0.0800. The first-order chi connectivity index (χ1) is 12.6. The molecule has 0 radical (unpaired) electrons. The second kappa shape index (κ2) is 8.70. The molecule has 0 saturated carbocycles. The molecule has 1 fully saturated rings. The van der Waals surface area contributed by atoms with Gasteiger partial charge < -0.3 is 5.32 Å². The first kappa shape index (κ1) is 18.9. The van der Waals surface area contributed by atoms with Gasteiger partial charge in [0, 0.05) is 35.8 Å². The van der Waals surface area contributed by atoms with Gasteiger partial charge in [0.2, 0.25) is 15.9 Å². The van der Waals surface area contributed by atoms with E-state index in [9.17, 15) is 13.2 Å². The maximum absolute atomic E-state index is 12.5. The van der Waals surface area contributed by atoms with Crippen LogP contribution in [0.1, 0.15) is 19.3 Å². The molecule has 3 rings (SSSR count). The second-order valence-corrected chi connectivity index (χ2v) is 9.20. The highest BCUT2D eigenvalue weighted by Crippen LogP contribution is 2.22. The van der Waals surface area contributed by atoms with E-state index in [0.717, 1.165) is 17.7 Å². The van der Waals surface area contributed by atoms with E-state index in [1.54, 1.807) is 36.0 Å². The lowest BCUT2D eigenvalue weighted by Gasteiger charge is -2.15. The SMILES string of the molecule is O=C(CCSc1ccccc1)Nc1ccc(S(=O)(=O)N2CCCC2)cc1.